The number of carbonyl (C=O) groups excluding carboxylic acids is 1. The van der Waals surface area contributed by atoms with Gasteiger partial charge in [-0.15, -0.1) is 23.7 Å². The number of nitrogens with one attached hydrogen (secondary N) is 2. The minimum Gasteiger partial charge on any atom is -0.347 e. The summed E-state index contributed by atoms with van der Waals surface area (Å²) in [7, 11) is 0. The molecular weight excluding hydrogens is 330 g/mol. The molecule has 124 valence electrons. The fourth-order valence-corrected chi connectivity index (χ4v) is 3.53. The number of benzene rings is 1. The van der Waals surface area contributed by atoms with Crippen molar-refractivity contribution >= 4 is 29.7 Å². The van der Waals surface area contributed by atoms with Gasteiger partial charge in [0, 0.05) is 17.5 Å². The predicted octanol–water partition coefficient (Wildman–Crippen LogP) is 3.41. The van der Waals surface area contributed by atoms with Crippen molar-refractivity contribution in [1.29, 1.82) is 0 Å². The van der Waals surface area contributed by atoms with E-state index in [0.717, 1.165) is 42.2 Å². The summed E-state index contributed by atoms with van der Waals surface area (Å²) in [4.78, 5) is 17.0. The molecule has 1 saturated heterocycles. The summed E-state index contributed by atoms with van der Waals surface area (Å²) in [6, 6.07) is 10.1. The van der Waals surface area contributed by atoms with Gasteiger partial charge in [0.15, 0.2) is 0 Å². The second kappa shape index (κ2) is 8.43. The van der Waals surface area contributed by atoms with Gasteiger partial charge in [-0.3, -0.25) is 4.79 Å². The molecule has 0 aliphatic carbocycles. The van der Waals surface area contributed by atoms with E-state index < -0.39 is 0 Å². The van der Waals surface area contributed by atoms with Crippen LogP contribution in [-0.4, -0.2) is 24.0 Å². The highest BCUT2D eigenvalue weighted by Crippen LogP contribution is 2.25. The Labute approximate surface area is 147 Å². The van der Waals surface area contributed by atoms with Gasteiger partial charge in [-0.25, -0.2) is 4.98 Å². The van der Waals surface area contributed by atoms with Crippen molar-refractivity contribution in [3.63, 3.8) is 0 Å². The molecule has 0 bridgehead atoms. The highest BCUT2D eigenvalue weighted by molar-refractivity contribution is 7.10. The van der Waals surface area contributed by atoms with E-state index in [1.165, 1.54) is 0 Å². The van der Waals surface area contributed by atoms with Crippen molar-refractivity contribution in [2.45, 2.75) is 25.8 Å². The smallest absolute Gasteiger partial charge is 0.224 e. The molecule has 0 saturated carbocycles. The molecule has 2 N–H and O–H groups in total. The van der Waals surface area contributed by atoms with E-state index in [0.29, 0.717) is 0 Å². The molecule has 4 nitrogen and oxygen atoms in total. The molecule has 23 heavy (non-hydrogen) atoms. The maximum Gasteiger partial charge on any atom is 0.224 e. The topological polar surface area (TPSA) is 54.0 Å². The monoisotopic (exact) mass is 351 g/mol. The minimum absolute atomic E-state index is 0. The van der Waals surface area contributed by atoms with Gasteiger partial charge in [0.05, 0.1) is 17.7 Å². The third-order valence-corrected chi connectivity index (χ3v) is 5.02. The number of thiazole rings is 1. The molecule has 1 aromatic carbocycles. The first-order valence-corrected chi connectivity index (χ1v) is 8.64. The molecule has 1 amide bonds. The number of rotatable bonds is 4. The van der Waals surface area contributed by atoms with Gasteiger partial charge < -0.3 is 10.6 Å². The van der Waals surface area contributed by atoms with Crippen LogP contribution in [-0.2, 0) is 4.79 Å². The Bertz CT molecular complexity index is 626. The van der Waals surface area contributed by atoms with Crippen LogP contribution in [0.5, 0.6) is 0 Å². The molecule has 1 aliphatic rings. The van der Waals surface area contributed by atoms with Crippen LogP contribution in [0.3, 0.4) is 0 Å². The maximum absolute atomic E-state index is 12.3. The Balaban J connectivity index is 0.00000192. The lowest BCUT2D eigenvalue weighted by atomic mass is 9.98. The summed E-state index contributed by atoms with van der Waals surface area (Å²) in [6.45, 7) is 3.81. The summed E-state index contributed by atoms with van der Waals surface area (Å²) in [5, 5.41) is 9.39. The average Bonchev–Trinajstić information content (AvgIpc) is 3.06. The van der Waals surface area contributed by atoms with Gasteiger partial charge >= 0.3 is 0 Å². The Morgan fingerprint density at radius 1 is 1.39 bits per heavy atom. The number of hydrogen-bond acceptors (Lipinski definition) is 4. The molecule has 2 heterocycles. The Hall–Kier alpha value is -1.43. The van der Waals surface area contributed by atoms with E-state index in [9.17, 15) is 4.79 Å². The van der Waals surface area contributed by atoms with Crippen LogP contribution in [0.2, 0.25) is 0 Å². The molecule has 6 heteroatoms. The van der Waals surface area contributed by atoms with Crippen LogP contribution in [0.15, 0.2) is 35.7 Å². The quantitative estimate of drug-likeness (QED) is 0.887. The molecule has 1 aromatic heterocycles. The minimum atomic E-state index is -0.0445. The number of halogens is 1. The number of hydrogen-bond donors (Lipinski definition) is 2. The van der Waals surface area contributed by atoms with E-state index >= 15 is 0 Å². The molecule has 1 aliphatic heterocycles. The lowest BCUT2D eigenvalue weighted by Gasteiger charge is -2.23. The summed E-state index contributed by atoms with van der Waals surface area (Å²) >= 11 is 1.60. The van der Waals surface area contributed by atoms with E-state index in [1.54, 1.807) is 11.3 Å². The second-order valence-electron chi connectivity index (χ2n) is 5.71. The van der Waals surface area contributed by atoms with Gasteiger partial charge in [0.2, 0.25) is 5.91 Å². The standard InChI is InChI=1S/C17H21N3OS.ClH/c1-12(19-16(21)14-8-5-9-18-10-14)17-20-15(11-22-17)13-6-3-2-4-7-13;/h2-4,6-7,11-12,14,18H,5,8-10H2,1H3,(H,19,21);1H. The van der Waals surface area contributed by atoms with E-state index in [2.05, 4.69) is 33.1 Å². The van der Waals surface area contributed by atoms with Gasteiger partial charge in [0.1, 0.15) is 5.01 Å². The summed E-state index contributed by atoms with van der Waals surface area (Å²) in [5.41, 5.74) is 2.08. The number of aromatic nitrogens is 1. The fraction of sp³-hybridized carbons (Fsp3) is 0.412. The first-order valence-electron chi connectivity index (χ1n) is 7.76. The van der Waals surface area contributed by atoms with Crippen molar-refractivity contribution in [3.05, 3.63) is 40.7 Å². The number of carbonyl (C=O) groups is 1. The Kier molecular flexibility index (Phi) is 6.57. The highest BCUT2D eigenvalue weighted by atomic mass is 35.5. The zero-order valence-electron chi connectivity index (χ0n) is 13.1. The molecule has 2 aromatic rings. The van der Waals surface area contributed by atoms with Gasteiger partial charge in [-0.2, -0.15) is 0 Å². The van der Waals surface area contributed by atoms with Crippen LogP contribution in [0, 0.1) is 5.92 Å². The van der Waals surface area contributed by atoms with Crippen LogP contribution >= 0.6 is 23.7 Å². The zero-order valence-corrected chi connectivity index (χ0v) is 14.8. The van der Waals surface area contributed by atoms with Crippen LogP contribution in [0.4, 0.5) is 0 Å². The van der Waals surface area contributed by atoms with E-state index in [4.69, 9.17) is 0 Å². The highest BCUT2D eigenvalue weighted by Gasteiger charge is 2.23. The van der Waals surface area contributed by atoms with Crippen molar-refractivity contribution < 1.29 is 4.79 Å². The Morgan fingerprint density at radius 3 is 2.87 bits per heavy atom. The predicted molar refractivity (Wildman–Crippen MR) is 96.9 cm³/mol. The molecule has 3 rings (SSSR count). The van der Waals surface area contributed by atoms with E-state index in [1.807, 2.05) is 25.1 Å². The maximum atomic E-state index is 12.3. The van der Waals surface area contributed by atoms with Crippen molar-refractivity contribution in [1.82, 2.24) is 15.6 Å². The lowest BCUT2D eigenvalue weighted by Crippen LogP contribution is -2.41. The number of nitrogens with zero attached hydrogens (tertiary/aromatic N) is 1. The van der Waals surface area contributed by atoms with Gasteiger partial charge in [-0.1, -0.05) is 30.3 Å². The second-order valence-corrected chi connectivity index (χ2v) is 6.60. The van der Waals surface area contributed by atoms with E-state index in [-0.39, 0.29) is 30.3 Å². The largest absolute Gasteiger partial charge is 0.347 e. The lowest BCUT2D eigenvalue weighted by molar-refractivity contribution is -0.126. The molecule has 1 fully saturated rings. The molecule has 0 spiro atoms. The van der Waals surface area contributed by atoms with Crippen LogP contribution < -0.4 is 10.6 Å². The molecular formula is C17H22ClN3OS. The van der Waals surface area contributed by atoms with Crippen LogP contribution in [0.1, 0.15) is 30.8 Å². The first-order chi connectivity index (χ1) is 10.7. The summed E-state index contributed by atoms with van der Waals surface area (Å²) in [5.74, 6) is 0.223. The SMILES string of the molecule is CC(NC(=O)C1CCCNC1)c1nc(-c2ccccc2)cs1.Cl. The number of piperidine rings is 1. The average molecular weight is 352 g/mol. The zero-order chi connectivity index (χ0) is 15.4. The van der Waals surface area contributed by atoms with Crippen molar-refractivity contribution in [3.8, 4) is 11.3 Å². The normalized spacial score (nSPS) is 18.7. The molecule has 0 radical (unpaired) electrons. The molecule has 2 unspecified atom stereocenters. The van der Waals surface area contributed by atoms with Gasteiger partial charge in [0.25, 0.3) is 0 Å². The third kappa shape index (κ3) is 4.53. The van der Waals surface area contributed by atoms with Gasteiger partial charge in [-0.05, 0) is 26.3 Å². The first kappa shape index (κ1) is 17.9. The van der Waals surface area contributed by atoms with Crippen molar-refractivity contribution in [2.75, 3.05) is 13.1 Å². The third-order valence-electron chi connectivity index (χ3n) is 3.99. The summed E-state index contributed by atoms with van der Waals surface area (Å²) < 4.78 is 0. The summed E-state index contributed by atoms with van der Waals surface area (Å²) in [6.07, 6.45) is 2.04. The van der Waals surface area contributed by atoms with Crippen LogP contribution in [0.25, 0.3) is 11.3 Å². The Morgan fingerprint density at radius 2 is 2.17 bits per heavy atom. The number of amides is 1. The molecule has 2 atom stereocenters. The van der Waals surface area contributed by atoms with Crippen molar-refractivity contribution in [2.24, 2.45) is 5.92 Å². The fourth-order valence-electron chi connectivity index (χ4n) is 2.70.